The first-order chi connectivity index (χ1) is 9.51. The number of nitrogens with zero attached hydrogens (tertiary/aromatic N) is 3. The van der Waals surface area contributed by atoms with E-state index in [4.69, 9.17) is 10.00 Å². The molecular weight excluding hydrogens is 254 g/mol. The quantitative estimate of drug-likeness (QED) is 0.789. The fourth-order valence-electron chi connectivity index (χ4n) is 1.80. The van der Waals surface area contributed by atoms with Gasteiger partial charge in [0.15, 0.2) is 0 Å². The van der Waals surface area contributed by atoms with E-state index in [0.717, 1.165) is 12.1 Å². The molecule has 0 aliphatic heterocycles. The van der Waals surface area contributed by atoms with Crippen LogP contribution in [0.25, 0.3) is 0 Å². The van der Waals surface area contributed by atoms with Gasteiger partial charge in [0.25, 0.3) is 0 Å². The average molecular weight is 275 g/mol. The molecular formula is C15H21N3O2. The van der Waals surface area contributed by atoms with E-state index in [2.05, 4.69) is 6.07 Å². The van der Waals surface area contributed by atoms with Crippen LogP contribution in [0.5, 0.6) is 5.75 Å². The Morgan fingerprint density at radius 2 is 2.10 bits per heavy atom. The lowest BCUT2D eigenvalue weighted by Crippen LogP contribution is -2.36. The summed E-state index contributed by atoms with van der Waals surface area (Å²) in [4.78, 5) is 15.4. The van der Waals surface area contributed by atoms with Crippen LogP contribution in [0, 0.1) is 11.3 Å². The van der Waals surface area contributed by atoms with Gasteiger partial charge in [0.1, 0.15) is 11.8 Å². The van der Waals surface area contributed by atoms with E-state index >= 15 is 0 Å². The Morgan fingerprint density at radius 1 is 1.40 bits per heavy atom. The first-order valence-electron chi connectivity index (χ1n) is 6.51. The van der Waals surface area contributed by atoms with E-state index in [9.17, 15) is 4.79 Å². The van der Waals surface area contributed by atoms with Crippen LogP contribution in [0.15, 0.2) is 18.2 Å². The molecule has 0 heterocycles. The van der Waals surface area contributed by atoms with E-state index in [1.165, 1.54) is 0 Å². The monoisotopic (exact) mass is 275 g/mol. The molecule has 0 spiro atoms. The zero-order chi connectivity index (χ0) is 15.1. The molecule has 108 valence electrons. The first kappa shape index (κ1) is 16.0. The normalized spacial score (nSPS) is 10.2. The number of benzene rings is 1. The van der Waals surface area contributed by atoms with Gasteiger partial charge in [-0.05, 0) is 24.2 Å². The number of likely N-dealkylation sites (N-methyl/N-ethyl adjacent to an activating group) is 2. The van der Waals surface area contributed by atoms with Crippen molar-refractivity contribution in [3.8, 4) is 11.8 Å². The standard InChI is InChI=1S/C15H21N3O2/c1-5-18(11-15(19)17(2)3)10-12-6-7-13(9-16)14(8-12)20-4/h6-8H,5,10-11H2,1-4H3. The van der Waals surface area contributed by atoms with Gasteiger partial charge in [-0.1, -0.05) is 13.0 Å². The molecule has 0 saturated heterocycles. The molecule has 0 saturated carbocycles. The van der Waals surface area contributed by atoms with Gasteiger partial charge >= 0.3 is 0 Å². The smallest absolute Gasteiger partial charge is 0.236 e. The maximum atomic E-state index is 11.7. The van der Waals surface area contributed by atoms with Gasteiger partial charge in [-0.15, -0.1) is 0 Å². The van der Waals surface area contributed by atoms with E-state index in [0.29, 0.717) is 24.4 Å². The predicted octanol–water partition coefficient (Wildman–Crippen LogP) is 1.48. The van der Waals surface area contributed by atoms with Crippen molar-refractivity contribution in [2.24, 2.45) is 0 Å². The van der Waals surface area contributed by atoms with Crippen molar-refractivity contribution in [3.05, 3.63) is 29.3 Å². The van der Waals surface area contributed by atoms with Crippen molar-refractivity contribution in [2.75, 3.05) is 34.3 Å². The summed E-state index contributed by atoms with van der Waals surface area (Å²) in [7, 11) is 5.05. The van der Waals surface area contributed by atoms with Crippen LogP contribution in [0.3, 0.4) is 0 Å². The molecule has 5 heteroatoms. The molecule has 1 aromatic rings. The highest BCUT2D eigenvalue weighted by atomic mass is 16.5. The molecule has 0 unspecified atom stereocenters. The lowest BCUT2D eigenvalue weighted by Gasteiger charge is -2.22. The van der Waals surface area contributed by atoms with Crippen molar-refractivity contribution in [1.82, 2.24) is 9.80 Å². The minimum absolute atomic E-state index is 0.0764. The summed E-state index contributed by atoms with van der Waals surface area (Å²) in [5.74, 6) is 0.646. The highest BCUT2D eigenvalue weighted by molar-refractivity contribution is 5.77. The summed E-state index contributed by atoms with van der Waals surface area (Å²) in [6.45, 7) is 3.83. The van der Waals surface area contributed by atoms with E-state index in [-0.39, 0.29) is 5.91 Å². The Hall–Kier alpha value is -2.06. The van der Waals surface area contributed by atoms with Gasteiger partial charge < -0.3 is 9.64 Å². The van der Waals surface area contributed by atoms with Gasteiger partial charge in [0.05, 0.1) is 19.2 Å². The average Bonchev–Trinajstić information content (AvgIpc) is 2.45. The summed E-state index contributed by atoms with van der Waals surface area (Å²) in [5, 5.41) is 8.96. The van der Waals surface area contributed by atoms with Gasteiger partial charge in [-0.3, -0.25) is 9.69 Å². The number of hydrogen-bond donors (Lipinski definition) is 0. The summed E-state index contributed by atoms with van der Waals surface area (Å²) < 4.78 is 5.20. The van der Waals surface area contributed by atoms with Crippen LogP contribution in [0.2, 0.25) is 0 Å². The molecule has 0 aliphatic carbocycles. The molecule has 0 radical (unpaired) electrons. The van der Waals surface area contributed by atoms with Gasteiger partial charge in [-0.25, -0.2) is 0 Å². The van der Waals surface area contributed by atoms with Crippen LogP contribution < -0.4 is 4.74 Å². The molecule has 0 fully saturated rings. The maximum Gasteiger partial charge on any atom is 0.236 e. The SMILES string of the molecule is CCN(CC(=O)N(C)C)Cc1ccc(C#N)c(OC)c1. The molecule has 0 aliphatic rings. The number of carbonyl (C=O) groups is 1. The largest absolute Gasteiger partial charge is 0.495 e. The molecule has 0 aromatic heterocycles. The number of methoxy groups -OCH3 is 1. The molecule has 1 amide bonds. The fraction of sp³-hybridized carbons (Fsp3) is 0.467. The second kappa shape index (κ2) is 7.51. The Balaban J connectivity index is 2.80. The first-order valence-corrected chi connectivity index (χ1v) is 6.51. The number of nitriles is 1. The summed E-state index contributed by atoms with van der Waals surface area (Å²) in [5.41, 5.74) is 1.54. The van der Waals surface area contributed by atoms with Crippen LogP contribution in [0.4, 0.5) is 0 Å². The number of hydrogen-bond acceptors (Lipinski definition) is 4. The minimum atomic E-state index is 0.0764. The molecule has 5 nitrogen and oxygen atoms in total. The summed E-state index contributed by atoms with van der Waals surface area (Å²) >= 11 is 0. The number of ether oxygens (including phenoxy) is 1. The maximum absolute atomic E-state index is 11.7. The third kappa shape index (κ3) is 4.25. The molecule has 0 N–H and O–H groups in total. The van der Waals surface area contributed by atoms with Crippen LogP contribution in [-0.4, -0.2) is 50.0 Å². The van der Waals surface area contributed by atoms with E-state index < -0.39 is 0 Å². The number of carbonyl (C=O) groups excluding carboxylic acids is 1. The molecule has 1 rings (SSSR count). The third-order valence-corrected chi connectivity index (χ3v) is 3.10. The van der Waals surface area contributed by atoms with Gasteiger partial charge in [0, 0.05) is 20.6 Å². The molecule has 0 bridgehead atoms. The van der Waals surface area contributed by atoms with Crippen molar-refractivity contribution in [3.63, 3.8) is 0 Å². The van der Waals surface area contributed by atoms with Crippen molar-refractivity contribution >= 4 is 5.91 Å². The van der Waals surface area contributed by atoms with Crippen molar-refractivity contribution in [2.45, 2.75) is 13.5 Å². The highest BCUT2D eigenvalue weighted by Gasteiger charge is 2.12. The predicted molar refractivity (Wildman–Crippen MR) is 77.4 cm³/mol. The van der Waals surface area contributed by atoms with Crippen LogP contribution >= 0.6 is 0 Å². The second-order valence-electron chi connectivity index (χ2n) is 4.74. The lowest BCUT2D eigenvalue weighted by atomic mass is 10.1. The van der Waals surface area contributed by atoms with Crippen LogP contribution in [-0.2, 0) is 11.3 Å². The number of amides is 1. The summed E-state index contributed by atoms with van der Waals surface area (Å²) in [6.07, 6.45) is 0. The van der Waals surface area contributed by atoms with Crippen molar-refractivity contribution in [1.29, 1.82) is 5.26 Å². The second-order valence-corrected chi connectivity index (χ2v) is 4.74. The molecule has 1 aromatic carbocycles. The Labute approximate surface area is 120 Å². The van der Waals surface area contributed by atoms with Crippen molar-refractivity contribution < 1.29 is 9.53 Å². The Kier molecular flexibility index (Phi) is 6.01. The van der Waals surface area contributed by atoms with Gasteiger partial charge in [-0.2, -0.15) is 5.26 Å². The molecule has 0 atom stereocenters. The summed E-state index contributed by atoms with van der Waals surface area (Å²) in [6, 6.07) is 7.58. The fourth-order valence-corrected chi connectivity index (χ4v) is 1.80. The Morgan fingerprint density at radius 3 is 2.60 bits per heavy atom. The zero-order valence-electron chi connectivity index (χ0n) is 12.5. The third-order valence-electron chi connectivity index (χ3n) is 3.10. The van der Waals surface area contributed by atoms with E-state index in [1.54, 1.807) is 32.2 Å². The minimum Gasteiger partial charge on any atom is -0.495 e. The zero-order valence-corrected chi connectivity index (χ0v) is 12.5. The van der Waals surface area contributed by atoms with Crippen LogP contribution in [0.1, 0.15) is 18.1 Å². The highest BCUT2D eigenvalue weighted by Crippen LogP contribution is 2.20. The lowest BCUT2D eigenvalue weighted by molar-refractivity contribution is -0.130. The topological polar surface area (TPSA) is 56.6 Å². The van der Waals surface area contributed by atoms with E-state index in [1.807, 2.05) is 24.0 Å². The van der Waals surface area contributed by atoms with Gasteiger partial charge in [0.2, 0.25) is 5.91 Å². The molecule has 20 heavy (non-hydrogen) atoms. The Bertz CT molecular complexity index is 506. The number of rotatable bonds is 6.